The van der Waals surface area contributed by atoms with Crippen LogP contribution in [0.15, 0.2) is 0 Å². The molecule has 0 rings (SSSR count). The maximum absolute atomic E-state index is 11.1. The van der Waals surface area contributed by atoms with E-state index in [0.29, 0.717) is 0 Å². The average molecular weight is 174 g/mol. The second kappa shape index (κ2) is 3.94. The maximum Gasteiger partial charge on any atom is 0.407 e. The van der Waals surface area contributed by atoms with E-state index < -0.39 is 11.7 Å². The molecule has 0 aliphatic carbocycles. The highest BCUT2D eigenvalue weighted by Gasteiger charge is 2.30. The van der Waals surface area contributed by atoms with Crippen molar-refractivity contribution in [2.24, 2.45) is 0 Å². The summed E-state index contributed by atoms with van der Waals surface area (Å²) >= 11 is 0. The van der Waals surface area contributed by atoms with Crippen molar-refractivity contribution in [3.63, 3.8) is 0 Å². The molecule has 0 atom stereocenters. The van der Waals surface area contributed by atoms with Gasteiger partial charge in [-0.3, -0.25) is 4.79 Å². The number of hydrogen-bond donors (Lipinski definition) is 2. The van der Waals surface area contributed by atoms with E-state index in [0.717, 1.165) is 0 Å². The van der Waals surface area contributed by atoms with Crippen molar-refractivity contribution in [2.45, 2.75) is 19.4 Å². The molecule has 0 aromatic rings. The van der Waals surface area contributed by atoms with E-state index in [1.165, 1.54) is 27.9 Å². The zero-order valence-corrected chi connectivity index (χ0v) is 7.72. The van der Waals surface area contributed by atoms with Gasteiger partial charge in [-0.05, 0) is 13.8 Å². The second-order valence-electron chi connectivity index (χ2n) is 2.73. The van der Waals surface area contributed by atoms with E-state index in [2.05, 4.69) is 10.6 Å². The molecule has 70 valence electrons. The summed E-state index contributed by atoms with van der Waals surface area (Å²) in [5, 5.41) is 4.65. The van der Waals surface area contributed by atoms with Gasteiger partial charge in [-0.1, -0.05) is 0 Å². The number of carbonyl (C=O) groups is 2. The van der Waals surface area contributed by atoms with Crippen LogP contribution in [-0.2, 0) is 9.53 Å². The van der Waals surface area contributed by atoms with Crippen LogP contribution in [0.4, 0.5) is 4.79 Å². The van der Waals surface area contributed by atoms with Crippen LogP contribution in [0.5, 0.6) is 0 Å². The van der Waals surface area contributed by atoms with Crippen molar-refractivity contribution in [3.05, 3.63) is 0 Å². The molecule has 0 radical (unpaired) electrons. The first-order valence-corrected chi connectivity index (χ1v) is 3.57. The van der Waals surface area contributed by atoms with E-state index in [1.54, 1.807) is 0 Å². The summed E-state index contributed by atoms with van der Waals surface area (Å²) < 4.78 is 4.78. The molecule has 0 fully saturated rings. The van der Waals surface area contributed by atoms with Crippen LogP contribution in [0.1, 0.15) is 13.8 Å². The molecule has 12 heavy (non-hydrogen) atoms. The molecule has 0 aromatic carbocycles. The van der Waals surface area contributed by atoms with Crippen LogP contribution < -0.4 is 10.6 Å². The van der Waals surface area contributed by atoms with Gasteiger partial charge in [0.2, 0.25) is 0 Å². The Balaban J connectivity index is 4.21. The van der Waals surface area contributed by atoms with Crippen LogP contribution in [0.3, 0.4) is 0 Å². The molecule has 0 saturated carbocycles. The third-order valence-corrected chi connectivity index (χ3v) is 1.33. The Kier molecular flexibility index (Phi) is 3.53. The number of rotatable bonds is 2. The number of likely N-dealkylation sites (N-methyl/N-ethyl adjacent to an activating group) is 1. The van der Waals surface area contributed by atoms with E-state index in [9.17, 15) is 9.59 Å². The van der Waals surface area contributed by atoms with Crippen LogP contribution in [0.25, 0.3) is 0 Å². The van der Waals surface area contributed by atoms with Gasteiger partial charge in [0.15, 0.2) is 5.60 Å². The van der Waals surface area contributed by atoms with E-state index in [4.69, 9.17) is 4.74 Å². The van der Waals surface area contributed by atoms with Gasteiger partial charge in [0, 0.05) is 14.1 Å². The predicted octanol–water partition coefficient (Wildman–Crippen LogP) is -0.133. The van der Waals surface area contributed by atoms with Crippen LogP contribution in [0.2, 0.25) is 0 Å². The van der Waals surface area contributed by atoms with Crippen LogP contribution in [0, 0.1) is 0 Å². The SMILES string of the molecule is CNC(=O)OC(C)(C)C(=O)NC. The first kappa shape index (κ1) is 10.7. The average Bonchev–Trinajstić information content (AvgIpc) is 2.02. The number of nitrogens with one attached hydrogen (secondary N) is 2. The molecule has 0 aliphatic heterocycles. The normalized spacial score (nSPS) is 10.3. The topological polar surface area (TPSA) is 67.4 Å². The summed E-state index contributed by atoms with van der Waals surface area (Å²) in [6, 6.07) is 0. The molecule has 0 aromatic heterocycles. The Morgan fingerprint density at radius 2 is 1.67 bits per heavy atom. The van der Waals surface area contributed by atoms with E-state index in [1.807, 2.05) is 0 Å². The number of carbonyl (C=O) groups excluding carboxylic acids is 2. The summed E-state index contributed by atoms with van der Waals surface area (Å²) in [7, 11) is 2.92. The largest absolute Gasteiger partial charge is 0.433 e. The van der Waals surface area contributed by atoms with Gasteiger partial charge in [-0.15, -0.1) is 0 Å². The summed E-state index contributed by atoms with van der Waals surface area (Å²) in [6.45, 7) is 3.03. The van der Waals surface area contributed by atoms with Gasteiger partial charge in [0.25, 0.3) is 5.91 Å². The zero-order chi connectivity index (χ0) is 9.78. The quantitative estimate of drug-likeness (QED) is 0.612. The molecule has 5 nitrogen and oxygen atoms in total. The fraction of sp³-hybridized carbons (Fsp3) is 0.714. The van der Waals surface area contributed by atoms with Crippen LogP contribution in [-0.4, -0.2) is 31.7 Å². The van der Waals surface area contributed by atoms with E-state index >= 15 is 0 Å². The van der Waals surface area contributed by atoms with Gasteiger partial charge in [0.05, 0.1) is 0 Å². The Morgan fingerprint density at radius 3 is 2.00 bits per heavy atom. The van der Waals surface area contributed by atoms with Crippen molar-refractivity contribution >= 4 is 12.0 Å². The first-order chi connectivity index (χ1) is 5.44. The van der Waals surface area contributed by atoms with Gasteiger partial charge < -0.3 is 15.4 Å². The van der Waals surface area contributed by atoms with Gasteiger partial charge in [0.1, 0.15) is 0 Å². The third kappa shape index (κ3) is 2.77. The minimum absolute atomic E-state index is 0.342. The van der Waals surface area contributed by atoms with Crippen molar-refractivity contribution in [1.29, 1.82) is 0 Å². The standard InChI is InChI=1S/C7H14N2O3/c1-7(2,5(10)8-3)12-6(11)9-4/h1-4H3,(H,8,10)(H,9,11). The van der Waals surface area contributed by atoms with Gasteiger partial charge in [-0.2, -0.15) is 0 Å². The molecular weight excluding hydrogens is 160 g/mol. The highest BCUT2D eigenvalue weighted by atomic mass is 16.6. The summed E-state index contributed by atoms with van der Waals surface area (Å²) in [6.07, 6.45) is -0.622. The molecule has 5 heteroatoms. The van der Waals surface area contributed by atoms with Crippen molar-refractivity contribution < 1.29 is 14.3 Å². The molecule has 0 bridgehead atoms. The summed E-state index contributed by atoms with van der Waals surface area (Å²) in [5.74, 6) is -0.342. The van der Waals surface area contributed by atoms with Gasteiger partial charge >= 0.3 is 6.09 Å². The molecule has 0 aliphatic rings. The van der Waals surface area contributed by atoms with E-state index in [-0.39, 0.29) is 5.91 Å². The number of ether oxygens (including phenoxy) is 1. The fourth-order valence-corrected chi connectivity index (χ4v) is 0.630. The summed E-state index contributed by atoms with van der Waals surface area (Å²) in [5.41, 5.74) is -1.13. The summed E-state index contributed by atoms with van der Waals surface area (Å²) in [4.78, 5) is 21.8. The Hall–Kier alpha value is -1.26. The van der Waals surface area contributed by atoms with Crippen molar-refractivity contribution in [1.82, 2.24) is 10.6 Å². The third-order valence-electron chi connectivity index (χ3n) is 1.33. The molecule has 0 heterocycles. The Bertz CT molecular complexity index is 189. The Morgan fingerprint density at radius 1 is 1.17 bits per heavy atom. The van der Waals surface area contributed by atoms with Crippen molar-refractivity contribution in [2.75, 3.05) is 14.1 Å². The lowest BCUT2D eigenvalue weighted by Gasteiger charge is -2.22. The minimum Gasteiger partial charge on any atom is -0.433 e. The fourth-order valence-electron chi connectivity index (χ4n) is 0.630. The number of hydrogen-bond acceptors (Lipinski definition) is 3. The maximum atomic E-state index is 11.1. The molecule has 2 N–H and O–H groups in total. The number of alkyl carbamates (subject to hydrolysis) is 1. The smallest absolute Gasteiger partial charge is 0.407 e. The minimum atomic E-state index is -1.13. The molecular formula is C7H14N2O3. The lowest BCUT2D eigenvalue weighted by Crippen LogP contribution is -2.45. The highest BCUT2D eigenvalue weighted by Crippen LogP contribution is 2.08. The second-order valence-corrected chi connectivity index (χ2v) is 2.73. The number of amides is 2. The predicted molar refractivity (Wildman–Crippen MR) is 43.7 cm³/mol. The monoisotopic (exact) mass is 174 g/mol. The molecule has 0 saturated heterocycles. The lowest BCUT2D eigenvalue weighted by atomic mass is 10.1. The Labute approximate surface area is 71.5 Å². The zero-order valence-electron chi connectivity index (χ0n) is 7.72. The highest BCUT2D eigenvalue weighted by molar-refractivity contribution is 5.86. The molecule has 2 amide bonds. The molecule has 0 unspecified atom stereocenters. The van der Waals surface area contributed by atoms with Gasteiger partial charge in [-0.25, -0.2) is 4.79 Å². The molecule has 0 spiro atoms. The lowest BCUT2D eigenvalue weighted by molar-refractivity contribution is -0.136. The van der Waals surface area contributed by atoms with Crippen LogP contribution >= 0.6 is 0 Å². The van der Waals surface area contributed by atoms with Crippen molar-refractivity contribution in [3.8, 4) is 0 Å². The first-order valence-electron chi connectivity index (χ1n) is 3.57.